The van der Waals surface area contributed by atoms with Crippen LogP contribution in [0.5, 0.6) is 0 Å². The molecule has 2 rings (SSSR count). The standard InChI is InChI=1S/C15H22N2O2S/c1-3-19-14(18)15(2,17-12-4-5-12)8-11-20-13-6-9-16-10-7-13/h6-7,9-10,12,17H,3-5,8,11H2,1-2H3. The van der Waals surface area contributed by atoms with Gasteiger partial charge in [-0.1, -0.05) is 0 Å². The summed E-state index contributed by atoms with van der Waals surface area (Å²) in [6, 6.07) is 4.46. The number of hydrogen-bond donors (Lipinski definition) is 1. The summed E-state index contributed by atoms with van der Waals surface area (Å²) in [6.45, 7) is 4.23. The fourth-order valence-corrected chi connectivity index (χ4v) is 3.07. The minimum atomic E-state index is -0.572. The number of carbonyl (C=O) groups is 1. The third kappa shape index (κ3) is 4.49. The Kier molecular flexibility index (Phi) is 5.43. The Labute approximate surface area is 124 Å². The van der Waals surface area contributed by atoms with Gasteiger partial charge in [0.15, 0.2) is 0 Å². The lowest BCUT2D eigenvalue weighted by Gasteiger charge is -2.28. The molecule has 1 aliphatic rings. The number of hydrogen-bond acceptors (Lipinski definition) is 5. The van der Waals surface area contributed by atoms with Crippen LogP contribution in [0, 0.1) is 0 Å². The Bertz CT molecular complexity index is 437. The number of ether oxygens (including phenoxy) is 1. The quantitative estimate of drug-likeness (QED) is 0.590. The Morgan fingerprint density at radius 2 is 2.20 bits per heavy atom. The van der Waals surface area contributed by atoms with Crippen molar-refractivity contribution >= 4 is 17.7 Å². The van der Waals surface area contributed by atoms with Crippen LogP contribution in [0.1, 0.15) is 33.1 Å². The van der Waals surface area contributed by atoms with E-state index in [0.717, 1.165) is 25.0 Å². The number of esters is 1. The second-order valence-corrected chi connectivity index (χ2v) is 6.42. The molecule has 1 heterocycles. The highest BCUT2D eigenvalue weighted by atomic mass is 32.2. The molecule has 1 unspecified atom stereocenters. The molecule has 1 aliphatic carbocycles. The summed E-state index contributed by atoms with van der Waals surface area (Å²) in [5.74, 6) is 0.737. The number of nitrogens with one attached hydrogen (secondary N) is 1. The molecule has 0 saturated heterocycles. The molecular formula is C15H22N2O2S. The average molecular weight is 294 g/mol. The monoisotopic (exact) mass is 294 g/mol. The maximum Gasteiger partial charge on any atom is 0.326 e. The molecule has 0 radical (unpaired) electrons. The van der Waals surface area contributed by atoms with Crippen molar-refractivity contribution in [3.05, 3.63) is 24.5 Å². The molecule has 110 valence electrons. The molecule has 0 bridgehead atoms. The highest BCUT2D eigenvalue weighted by Gasteiger charge is 2.39. The zero-order valence-corrected chi connectivity index (χ0v) is 12.9. The molecule has 0 aliphatic heterocycles. The van der Waals surface area contributed by atoms with E-state index in [-0.39, 0.29) is 5.97 Å². The minimum Gasteiger partial charge on any atom is -0.465 e. The molecule has 1 aromatic heterocycles. The van der Waals surface area contributed by atoms with Gasteiger partial charge in [0.2, 0.25) is 0 Å². The number of aromatic nitrogens is 1. The van der Waals surface area contributed by atoms with Crippen molar-refractivity contribution in [2.75, 3.05) is 12.4 Å². The molecule has 0 spiro atoms. The summed E-state index contributed by atoms with van der Waals surface area (Å²) in [5.41, 5.74) is -0.572. The second-order valence-electron chi connectivity index (χ2n) is 5.25. The Morgan fingerprint density at radius 1 is 1.50 bits per heavy atom. The van der Waals surface area contributed by atoms with Crippen LogP contribution in [-0.2, 0) is 9.53 Å². The third-order valence-corrected chi connectivity index (χ3v) is 4.36. The van der Waals surface area contributed by atoms with Gasteiger partial charge in [0, 0.05) is 29.1 Å². The Hall–Kier alpha value is -1.07. The Morgan fingerprint density at radius 3 is 2.80 bits per heavy atom. The SMILES string of the molecule is CCOC(=O)C(C)(CCSc1ccncc1)NC1CC1. The van der Waals surface area contributed by atoms with Gasteiger partial charge >= 0.3 is 5.97 Å². The number of thioether (sulfide) groups is 1. The van der Waals surface area contributed by atoms with E-state index < -0.39 is 5.54 Å². The highest BCUT2D eigenvalue weighted by molar-refractivity contribution is 7.99. The molecule has 1 aromatic rings. The lowest BCUT2D eigenvalue weighted by molar-refractivity contribution is -0.150. The van der Waals surface area contributed by atoms with E-state index in [4.69, 9.17) is 4.74 Å². The molecule has 1 atom stereocenters. The molecule has 4 nitrogen and oxygen atoms in total. The molecule has 1 N–H and O–H groups in total. The van der Waals surface area contributed by atoms with E-state index in [1.807, 2.05) is 26.0 Å². The average Bonchev–Trinajstić information content (AvgIpc) is 3.24. The van der Waals surface area contributed by atoms with E-state index >= 15 is 0 Å². The maximum absolute atomic E-state index is 12.2. The van der Waals surface area contributed by atoms with E-state index in [1.54, 1.807) is 24.2 Å². The van der Waals surface area contributed by atoms with Crippen molar-refractivity contribution in [3.8, 4) is 0 Å². The highest BCUT2D eigenvalue weighted by Crippen LogP contribution is 2.27. The molecule has 1 saturated carbocycles. The van der Waals surface area contributed by atoms with Gasteiger partial charge in [0.05, 0.1) is 6.61 Å². The number of carbonyl (C=O) groups excluding carboxylic acids is 1. The van der Waals surface area contributed by atoms with Gasteiger partial charge in [-0.05, 0) is 45.2 Å². The largest absolute Gasteiger partial charge is 0.465 e. The summed E-state index contributed by atoms with van der Waals surface area (Å²) >= 11 is 1.74. The lowest BCUT2D eigenvalue weighted by Crippen LogP contribution is -2.51. The van der Waals surface area contributed by atoms with Gasteiger partial charge < -0.3 is 4.74 Å². The van der Waals surface area contributed by atoms with Crippen LogP contribution in [0.25, 0.3) is 0 Å². The maximum atomic E-state index is 12.2. The van der Waals surface area contributed by atoms with Crippen molar-refractivity contribution in [1.82, 2.24) is 10.3 Å². The molecule has 0 aromatic carbocycles. The summed E-state index contributed by atoms with van der Waals surface area (Å²) in [5, 5.41) is 3.44. The van der Waals surface area contributed by atoms with Gasteiger partial charge in [0.1, 0.15) is 5.54 Å². The predicted octanol–water partition coefficient (Wildman–Crippen LogP) is 2.64. The van der Waals surface area contributed by atoms with Crippen molar-refractivity contribution in [1.29, 1.82) is 0 Å². The first kappa shape index (κ1) is 15.3. The smallest absolute Gasteiger partial charge is 0.326 e. The van der Waals surface area contributed by atoms with E-state index in [2.05, 4.69) is 10.3 Å². The van der Waals surface area contributed by atoms with Gasteiger partial charge in [-0.3, -0.25) is 15.1 Å². The number of nitrogens with zero attached hydrogens (tertiary/aromatic N) is 1. The topological polar surface area (TPSA) is 51.2 Å². The first-order chi connectivity index (χ1) is 9.64. The first-order valence-corrected chi connectivity index (χ1v) is 8.10. The van der Waals surface area contributed by atoms with Crippen LogP contribution in [0.3, 0.4) is 0 Å². The van der Waals surface area contributed by atoms with Gasteiger partial charge in [-0.15, -0.1) is 11.8 Å². The van der Waals surface area contributed by atoms with E-state index in [9.17, 15) is 4.79 Å². The minimum absolute atomic E-state index is 0.137. The fourth-order valence-electron chi connectivity index (χ4n) is 2.01. The normalized spacial score (nSPS) is 17.5. The van der Waals surface area contributed by atoms with Crippen LogP contribution < -0.4 is 5.32 Å². The predicted molar refractivity (Wildman–Crippen MR) is 80.8 cm³/mol. The van der Waals surface area contributed by atoms with Crippen molar-refractivity contribution < 1.29 is 9.53 Å². The lowest BCUT2D eigenvalue weighted by atomic mass is 9.99. The molecule has 5 heteroatoms. The zero-order chi connectivity index (χ0) is 14.4. The van der Waals surface area contributed by atoms with Crippen LogP contribution >= 0.6 is 11.8 Å². The van der Waals surface area contributed by atoms with E-state index in [0.29, 0.717) is 12.6 Å². The number of pyridine rings is 1. The fraction of sp³-hybridized carbons (Fsp3) is 0.600. The summed E-state index contributed by atoms with van der Waals surface area (Å²) in [4.78, 5) is 17.3. The van der Waals surface area contributed by atoms with E-state index in [1.165, 1.54) is 4.90 Å². The second kappa shape index (κ2) is 7.09. The molecule has 1 fully saturated rings. The van der Waals surface area contributed by atoms with Crippen molar-refractivity contribution in [3.63, 3.8) is 0 Å². The molecule has 20 heavy (non-hydrogen) atoms. The van der Waals surface area contributed by atoms with Crippen LogP contribution in [0.4, 0.5) is 0 Å². The van der Waals surface area contributed by atoms with Crippen molar-refractivity contribution in [2.45, 2.75) is 49.6 Å². The first-order valence-electron chi connectivity index (χ1n) is 7.12. The van der Waals surface area contributed by atoms with Gasteiger partial charge in [-0.2, -0.15) is 0 Å². The van der Waals surface area contributed by atoms with Crippen LogP contribution in [-0.4, -0.2) is 34.9 Å². The third-order valence-electron chi connectivity index (χ3n) is 3.35. The van der Waals surface area contributed by atoms with Gasteiger partial charge in [-0.25, -0.2) is 0 Å². The van der Waals surface area contributed by atoms with Crippen molar-refractivity contribution in [2.24, 2.45) is 0 Å². The van der Waals surface area contributed by atoms with Crippen LogP contribution in [0.15, 0.2) is 29.4 Å². The number of rotatable bonds is 8. The molecule has 0 amide bonds. The summed E-state index contributed by atoms with van der Waals surface area (Å²) < 4.78 is 5.22. The zero-order valence-electron chi connectivity index (χ0n) is 12.1. The Balaban J connectivity index is 1.88. The summed E-state index contributed by atoms with van der Waals surface area (Å²) in [6.07, 6.45) is 6.65. The van der Waals surface area contributed by atoms with Crippen LogP contribution in [0.2, 0.25) is 0 Å². The molecular weight excluding hydrogens is 272 g/mol. The summed E-state index contributed by atoms with van der Waals surface area (Å²) in [7, 11) is 0. The van der Waals surface area contributed by atoms with Gasteiger partial charge in [0.25, 0.3) is 0 Å².